The molecule has 110 valence electrons. The van der Waals surface area contributed by atoms with Gasteiger partial charge in [-0.15, -0.1) is 0 Å². The van der Waals surface area contributed by atoms with Crippen molar-refractivity contribution in [3.05, 3.63) is 0 Å². The summed E-state index contributed by atoms with van der Waals surface area (Å²) >= 11 is 0. The predicted octanol–water partition coefficient (Wildman–Crippen LogP) is 0.642. The van der Waals surface area contributed by atoms with Crippen LogP contribution in [-0.4, -0.2) is 63.4 Å². The summed E-state index contributed by atoms with van der Waals surface area (Å²) in [5.74, 6) is 0.874. The van der Waals surface area contributed by atoms with E-state index in [1.807, 2.05) is 0 Å². The molecule has 1 N–H and O–H groups in total. The van der Waals surface area contributed by atoms with Gasteiger partial charge in [-0.1, -0.05) is 0 Å². The van der Waals surface area contributed by atoms with Gasteiger partial charge in [-0.05, 0) is 25.2 Å². The number of carbonyl (C=O) groups excluding carboxylic acids is 1. The van der Waals surface area contributed by atoms with E-state index in [1.165, 1.54) is 0 Å². The van der Waals surface area contributed by atoms with Crippen molar-refractivity contribution in [2.75, 3.05) is 52.6 Å². The van der Waals surface area contributed by atoms with Crippen LogP contribution in [0.3, 0.4) is 0 Å². The van der Waals surface area contributed by atoms with Crippen LogP contribution in [0.5, 0.6) is 0 Å². The topological polar surface area (TPSA) is 50.8 Å². The quantitative estimate of drug-likeness (QED) is 0.769. The Morgan fingerprint density at radius 2 is 1.79 bits per heavy atom. The van der Waals surface area contributed by atoms with Crippen LogP contribution in [0.15, 0.2) is 0 Å². The Morgan fingerprint density at radius 3 is 2.53 bits per heavy atom. The highest BCUT2D eigenvalue weighted by atomic mass is 16.5. The summed E-state index contributed by atoms with van der Waals surface area (Å²) in [5, 5.41) is 3.02. The lowest BCUT2D eigenvalue weighted by Gasteiger charge is -2.26. The molecule has 0 radical (unpaired) electrons. The maximum Gasteiger partial charge on any atom is 0.220 e. The Labute approximate surface area is 115 Å². The lowest BCUT2D eigenvalue weighted by Crippen LogP contribution is -2.41. The van der Waals surface area contributed by atoms with Crippen LogP contribution in [0.1, 0.15) is 25.7 Å². The second kappa shape index (κ2) is 8.51. The van der Waals surface area contributed by atoms with Crippen molar-refractivity contribution in [3.63, 3.8) is 0 Å². The third-order valence-electron chi connectivity index (χ3n) is 3.97. The zero-order chi connectivity index (χ0) is 13.3. The number of nitrogens with zero attached hydrogens (tertiary/aromatic N) is 1. The zero-order valence-corrected chi connectivity index (χ0v) is 11.7. The number of ether oxygens (including phenoxy) is 2. The minimum absolute atomic E-state index is 0.194. The number of hydrogen-bond acceptors (Lipinski definition) is 4. The fourth-order valence-corrected chi connectivity index (χ4v) is 2.64. The van der Waals surface area contributed by atoms with Gasteiger partial charge in [0.2, 0.25) is 5.91 Å². The number of morpholine rings is 1. The highest BCUT2D eigenvalue weighted by molar-refractivity contribution is 5.75. The third-order valence-corrected chi connectivity index (χ3v) is 3.97. The van der Waals surface area contributed by atoms with Gasteiger partial charge in [-0.2, -0.15) is 0 Å². The van der Waals surface area contributed by atoms with Crippen molar-refractivity contribution >= 4 is 5.91 Å². The molecule has 0 unspecified atom stereocenters. The van der Waals surface area contributed by atoms with Gasteiger partial charge in [0, 0.05) is 45.8 Å². The molecule has 0 bridgehead atoms. The molecule has 0 atom stereocenters. The van der Waals surface area contributed by atoms with E-state index < -0.39 is 0 Å². The van der Waals surface area contributed by atoms with Crippen molar-refractivity contribution in [2.24, 2.45) is 5.92 Å². The van der Waals surface area contributed by atoms with E-state index >= 15 is 0 Å². The monoisotopic (exact) mass is 270 g/mol. The van der Waals surface area contributed by atoms with Crippen molar-refractivity contribution in [1.29, 1.82) is 0 Å². The van der Waals surface area contributed by atoms with E-state index in [1.54, 1.807) is 0 Å². The number of rotatable bonds is 6. The van der Waals surface area contributed by atoms with Gasteiger partial charge in [0.1, 0.15) is 0 Å². The summed E-state index contributed by atoms with van der Waals surface area (Å²) in [6.45, 7) is 7.02. The Kier molecular flexibility index (Phi) is 6.61. The average molecular weight is 270 g/mol. The normalized spacial score (nSPS) is 22.3. The summed E-state index contributed by atoms with van der Waals surface area (Å²) in [4.78, 5) is 14.1. The molecule has 5 heteroatoms. The maximum absolute atomic E-state index is 11.7. The molecular formula is C14H26N2O3. The minimum atomic E-state index is 0.194. The van der Waals surface area contributed by atoms with E-state index in [2.05, 4.69) is 10.2 Å². The van der Waals surface area contributed by atoms with Crippen LogP contribution in [0.25, 0.3) is 0 Å². The summed E-state index contributed by atoms with van der Waals surface area (Å²) in [6, 6.07) is 0. The van der Waals surface area contributed by atoms with Crippen LogP contribution in [0, 0.1) is 5.92 Å². The highest BCUT2D eigenvalue weighted by Crippen LogP contribution is 2.19. The van der Waals surface area contributed by atoms with Crippen molar-refractivity contribution in [2.45, 2.75) is 25.7 Å². The lowest BCUT2D eigenvalue weighted by molar-refractivity contribution is -0.121. The van der Waals surface area contributed by atoms with E-state index in [0.717, 1.165) is 71.9 Å². The van der Waals surface area contributed by atoms with Crippen LogP contribution < -0.4 is 5.32 Å². The van der Waals surface area contributed by atoms with Gasteiger partial charge in [0.05, 0.1) is 13.2 Å². The summed E-state index contributed by atoms with van der Waals surface area (Å²) in [7, 11) is 0. The second-order valence-electron chi connectivity index (χ2n) is 5.40. The van der Waals surface area contributed by atoms with E-state index in [4.69, 9.17) is 9.47 Å². The molecule has 2 aliphatic rings. The van der Waals surface area contributed by atoms with Gasteiger partial charge in [0.15, 0.2) is 0 Å². The Morgan fingerprint density at radius 1 is 1.11 bits per heavy atom. The van der Waals surface area contributed by atoms with Crippen molar-refractivity contribution in [3.8, 4) is 0 Å². The fourth-order valence-electron chi connectivity index (χ4n) is 2.64. The molecule has 19 heavy (non-hydrogen) atoms. The molecule has 2 saturated heterocycles. The van der Waals surface area contributed by atoms with Crippen molar-refractivity contribution in [1.82, 2.24) is 10.2 Å². The summed E-state index contributed by atoms with van der Waals surface area (Å²) in [5.41, 5.74) is 0. The van der Waals surface area contributed by atoms with Crippen LogP contribution in [-0.2, 0) is 14.3 Å². The summed E-state index contributed by atoms with van der Waals surface area (Å²) in [6.07, 6.45) is 3.89. The van der Waals surface area contributed by atoms with Gasteiger partial charge in [-0.3, -0.25) is 9.69 Å². The number of carbonyl (C=O) groups is 1. The molecule has 0 aromatic rings. The Hall–Kier alpha value is -0.650. The first-order chi connectivity index (χ1) is 9.34. The molecular weight excluding hydrogens is 244 g/mol. The van der Waals surface area contributed by atoms with Crippen LogP contribution in [0.2, 0.25) is 0 Å². The first-order valence-corrected chi connectivity index (χ1v) is 7.49. The van der Waals surface area contributed by atoms with E-state index in [-0.39, 0.29) is 5.91 Å². The SMILES string of the molecule is O=C(CCC1CCOCC1)NCCN1CCOCC1. The minimum Gasteiger partial charge on any atom is -0.381 e. The molecule has 0 aromatic carbocycles. The Bertz CT molecular complexity index is 261. The zero-order valence-electron chi connectivity index (χ0n) is 11.7. The molecule has 5 nitrogen and oxygen atoms in total. The fraction of sp³-hybridized carbons (Fsp3) is 0.929. The van der Waals surface area contributed by atoms with Gasteiger partial charge < -0.3 is 14.8 Å². The van der Waals surface area contributed by atoms with Crippen LogP contribution in [0.4, 0.5) is 0 Å². The molecule has 0 saturated carbocycles. The molecule has 0 aliphatic carbocycles. The number of nitrogens with one attached hydrogen (secondary N) is 1. The first kappa shape index (κ1) is 14.8. The lowest BCUT2D eigenvalue weighted by atomic mass is 9.95. The smallest absolute Gasteiger partial charge is 0.220 e. The highest BCUT2D eigenvalue weighted by Gasteiger charge is 2.15. The van der Waals surface area contributed by atoms with E-state index in [0.29, 0.717) is 12.3 Å². The predicted molar refractivity (Wildman–Crippen MR) is 73.0 cm³/mol. The molecule has 1 amide bonds. The molecule has 2 heterocycles. The first-order valence-electron chi connectivity index (χ1n) is 7.49. The summed E-state index contributed by atoms with van der Waals surface area (Å²) < 4.78 is 10.6. The van der Waals surface area contributed by atoms with Crippen LogP contribution >= 0.6 is 0 Å². The molecule has 2 aliphatic heterocycles. The second-order valence-corrected chi connectivity index (χ2v) is 5.40. The van der Waals surface area contributed by atoms with Gasteiger partial charge in [-0.25, -0.2) is 0 Å². The molecule has 0 spiro atoms. The molecule has 2 rings (SSSR count). The van der Waals surface area contributed by atoms with Gasteiger partial charge >= 0.3 is 0 Å². The molecule has 2 fully saturated rings. The largest absolute Gasteiger partial charge is 0.381 e. The van der Waals surface area contributed by atoms with E-state index in [9.17, 15) is 4.79 Å². The standard InChI is InChI=1S/C14H26N2O3/c17-14(2-1-13-3-9-18-10-4-13)15-5-6-16-7-11-19-12-8-16/h13H,1-12H2,(H,15,17). The maximum atomic E-state index is 11.7. The number of hydrogen-bond donors (Lipinski definition) is 1. The van der Waals surface area contributed by atoms with Gasteiger partial charge in [0.25, 0.3) is 0 Å². The average Bonchev–Trinajstić information content (AvgIpc) is 2.47. The third kappa shape index (κ3) is 5.89. The number of amides is 1. The molecule has 0 aromatic heterocycles. The van der Waals surface area contributed by atoms with Crippen molar-refractivity contribution < 1.29 is 14.3 Å². The Balaban J connectivity index is 1.49.